The van der Waals surface area contributed by atoms with E-state index in [4.69, 9.17) is 11.6 Å². The molecule has 1 atom stereocenters. The zero-order valence-electron chi connectivity index (χ0n) is 5.73. The van der Waals surface area contributed by atoms with Crippen molar-refractivity contribution in [2.45, 2.75) is 25.4 Å². The molecule has 0 radical (unpaired) electrons. The van der Waals surface area contributed by atoms with Crippen molar-refractivity contribution in [3.63, 3.8) is 0 Å². The molecule has 0 aromatic carbocycles. The summed E-state index contributed by atoms with van der Waals surface area (Å²) in [6.45, 7) is 5.49. The number of hydrogen-bond acceptors (Lipinski definition) is 1. The summed E-state index contributed by atoms with van der Waals surface area (Å²) >= 11 is 5.47. The van der Waals surface area contributed by atoms with E-state index in [1.165, 1.54) is 6.08 Å². The van der Waals surface area contributed by atoms with Gasteiger partial charge in [0.1, 0.15) is 0 Å². The summed E-state index contributed by atoms with van der Waals surface area (Å²) in [5.74, 6) is 0.240. The van der Waals surface area contributed by atoms with Gasteiger partial charge in [-0.15, -0.1) is 18.2 Å². The van der Waals surface area contributed by atoms with Crippen LogP contribution in [-0.4, -0.2) is 16.6 Å². The van der Waals surface area contributed by atoms with Gasteiger partial charge in [0.2, 0.25) is 0 Å². The molecule has 0 amide bonds. The second kappa shape index (κ2) is 3.91. The Labute approximate surface area is 61.3 Å². The first-order chi connectivity index (χ1) is 4.18. The van der Waals surface area contributed by atoms with Crippen molar-refractivity contribution in [3.8, 4) is 0 Å². The third kappa shape index (κ3) is 2.87. The minimum absolute atomic E-state index is 0.240. The number of halogens is 1. The molecule has 0 aliphatic rings. The Morgan fingerprint density at radius 3 is 2.44 bits per heavy atom. The van der Waals surface area contributed by atoms with Gasteiger partial charge in [-0.3, -0.25) is 0 Å². The third-order valence-electron chi connectivity index (χ3n) is 1.29. The van der Waals surface area contributed by atoms with Crippen LogP contribution in [0.3, 0.4) is 0 Å². The van der Waals surface area contributed by atoms with E-state index in [1.54, 1.807) is 0 Å². The summed E-state index contributed by atoms with van der Waals surface area (Å²) in [5, 5.41) is 9.38. The smallest absolute Gasteiger partial charge is 0.0959 e. The molecule has 0 spiro atoms. The number of alkyl halides is 1. The van der Waals surface area contributed by atoms with E-state index in [-0.39, 0.29) is 5.88 Å². The van der Waals surface area contributed by atoms with Gasteiger partial charge < -0.3 is 5.11 Å². The summed E-state index contributed by atoms with van der Waals surface area (Å²) < 4.78 is 0. The average Bonchev–Trinajstić information content (AvgIpc) is 1.89. The molecule has 0 fully saturated rings. The highest BCUT2D eigenvalue weighted by Gasteiger charge is 2.18. The Morgan fingerprint density at radius 2 is 2.33 bits per heavy atom. The molecule has 0 aliphatic heterocycles. The highest BCUT2D eigenvalue weighted by molar-refractivity contribution is 6.18. The minimum Gasteiger partial charge on any atom is -0.385 e. The van der Waals surface area contributed by atoms with Crippen LogP contribution in [0.15, 0.2) is 12.7 Å². The SMILES string of the molecule is C=CC(O)(CCl)CCC. The zero-order valence-corrected chi connectivity index (χ0v) is 6.49. The molecule has 0 rings (SSSR count). The van der Waals surface area contributed by atoms with Crippen molar-refractivity contribution in [1.29, 1.82) is 0 Å². The molecule has 2 heteroatoms. The van der Waals surface area contributed by atoms with Crippen molar-refractivity contribution in [2.24, 2.45) is 0 Å². The van der Waals surface area contributed by atoms with Crippen LogP contribution in [0.1, 0.15) is 19.8 Å². The highest BCUT2D eigenvalue weighted by Crippen LogP contribution is 2.14. The summed E-state index contributed by atoms with van der Waals surface area (Å²) in [7, 11) is 0. The maximum Gasteiger partial charge on any atom is 0.0959 e. The predicted octanol–water partition coefficient (Wildman–Crippen LogP) is 1.94. The molecule has 0 saturated heterocycles. The summed E-state index contributed by atoms with van der Waals surface area (Å²) in [6, 6.07) is 0. The summed E-state index contributed by atoms with van der Waals surface area (Å²) in [5.41, 5.74) is -0.837. The normalized spacial score (nSPS) is 16.8. The van der Waals surface area contributed by atoms with Gasteiger partial charge in [0.25, 0.3) is 0 Å². The number of hydrogen-bond donors (Lipinski definition) is 1. The van der Waals surface area contributed by atoms with Crippen molar-refractivity contribution in [3.05, 3.63) is 12.7 Å². The lowest BCUT2D eigenvalue weighted by molar-refractivity contribution is 0.105. The molecule has 54 valence electrons. The Morgan fingerprint density at radius 1 is 1.78 bits per heavy atom. The maximum atomic E-state index is 9.38. The van der Waals surface area contributed by atoms with Crippen molar-refractivity contribution in [2.75, 3.05) is 5.88 Å². The second-order valence-electron chi connectivity index (χ2n) is 2.19. The van der Waals surface area contributed by atoms with Crippen molar-refractivity contribution >= 4 is 11.6 Å². The van der Waals surface area contributed by atoms with Crippen LogP contribution in [0.5, 0.6) is 0 Å². The molecule has 9 heavy (non-hydrogen) atoms. The molecule has 0 aromatic rings. The second-order valence-corrected chi connectivity index (χ2v) is 2.46. The van der Waals surface area contributed by atoms with Crippen LogP contribution in [-0.2, 0) is 0 Å². The van der Waals surface area contributed by atoms with Gasteiger partial charge >= 0.3 is 0 Å². The van der Waals surface area contributed by atoms with Crippen LogP contribution in [0.4, 0.5) is 0 Å². The molecule has 1 N–H and O–H groups in total. The number of aliphatic hydroxyl groups is 1. The van der Waals surface area contributed by atoms with Crippen LogP contribution >= 0.6 is 11.6 Å². The van der Waals surface area contributed by atoms with E-state index in [0.29, 0.717) is 6.42 Å². The van der Waals surface area contributed by atoms with E-state index in [9.17, 15) is 5.11 Å². The van der Waals surface area contributed by atoms with Gasteiger partial charge in [-0.2, -0.15) is 0 Å². The first kappa shape index (κ1) is 8.99. The summed E-state index contributed by atoms with van der Waals surface area (Å²) in [4.78, 5) is 0. The van der Waals surface area contributed by atoms with E-state index in [2.05, 4.69) is 6.58 Å². The fraction of sp³-hybridized carbons (Fsp3) is 0.714. The molecule has 0 aromatic heterocycles. The lowest BCUT2D eigenvalue weighted by atomic mass is 10.0. The van der Waals surface area contributed by atoms with Gasteiger partial charge in [0.15, 0.2) is 0 Å². The Hall–Kier alpha value is -0.0100. The number of rotatable bonds is 4. The molecular weight excluding hydrogens is 136 g/mol. The van der Waals surface area contributed by atoms with Crippen LogP contribution in [0.2, 0.25) is 0 Å². The van der Waals surface area contributed by atoms with Gasteiger partial charge in [0.05, 0.1) is 11.5 Å². The van der Waals surface area contributed by atoms with Crippen molar-refractivity contribution in [1.82, 2.24) is 0 Å². The lowest BCUT2D eigenvalue weighted by Crippen LogP contribution is -2.26. The largest absolute Gasteiger partial charge is 0.385 e. The van der Waals surface area contributed by atoms with Gasteiger partial charge in [-0.25, -0.2) is 0 Å². The monoisotopic (exact) mass is 148 g/mol. The summed E-state index contributed by atoms with van der Waals surface area (Å²) in [6.07, 6.45) is 3.12. The van der Waals surface area contributed by atoms with Crippen LogP contribution in [0.25, 0.3) is 0 Å². The fourth-order valence-corrected chi connectivity index (χ4v) is 0.899. The first-order valence-electron chi connectivity index (χ1n) is 3.10. The fourth-order valence-electron chi connectivity index (χ4n) is 0.656. The van der Waals surface area contributed by atoms with E-state index < -0.39 is 5.60 Å². The van der Waals surface area contributed by atoms with E-state index in [1.807, 2.05) is 6.92 Å². The van der Waals surface area contributed by atoms with E-state index >= 15 is 0 Å². The van der Waals surface area contributed by atoms with Gasteiger partial charge in [-0.05, 0) is 6.42 Å². The maximum absolute atomic E-state index is 9.38. The molecule has 0 heterocycles. The Balaban J connectivity index is 3.76. The Bertz CT molecular complexity index is 92.9. The third-order valence-corrected chi connectivity index (χ3v) is 1.76. The first-order valence-corrected chi connectivity index (χ1v) is 3.64. The van der Waals surface area contributed by atoms with Crippen LogP contribution < -0.4 is 0 Å². The standard InChI is InChI=1S/C7H13ClO/c1-3-5-7(9,4-2)6-8/h4,9H,2-3,5-6H2,1H3. The molecule has 0 saturated carbocycles. The van der Waals surface area contributed by atoms with Gasteiger partial charge in [0, 0.05) is 0 Å². The predicted molar refractivity (Wildman–Crippen MR) is 40.8 cm³/mol. The van der Waals surface area contributed by atoms with Gasteiger partial charge in [-0.1, -0.05) is 19.4 Å². The minimum atomic E-state index is -0.837. The Kier molecular flexibility index (Phi) is 3.91. The molecule has 0 bridgehead atoms. The molecule has 1 unspecified atom stereocenters. The quantitative estimate of drug-likeness (QED) is 0.477. The molecule has 1 nitrogen and oxygen atoms in total. The highest BCUT2D eigenvalue weighted by atomic mass is 35.5. The lowest BCUT2D eigenvalue weighted by Gasteiger charge is -2.19. The topological polar surface area (TPSA) is 20.2 Å². The molecule has 0 aliphatic carbocycles. The van der Waals surface area contributed by atoms with E-state index in [0.717, 1.165) is 6.42 Å². The average molecular weight is 149 g/mol. The molecular formula is C7H13ClO. The zero-order chi connectivity index (χ0) is 7.33. The van der Waals surface area contributed by atoms with Crippen LogP contribution in [0, 0.1) is 0 Å². The van der Waals surface area contributed by atoms with Crippen molar-refractivity contribution < 1.29 is 5.11 Å².